The van der Waals surface area contributed by atoms with Crippen LogP contribution in [0.4, 0.5) is 0 Å². The molecule has 1 aliphatic rings. The molecule has 10 heteroatoms. The summed E-state index contributed by atoms with van der Waals surface area (Å²) >= 11 is 0. The predicted molar refractivity (Wildman–Crippen MR) is 256 cm³/mol. The largest absolute Gasteiger partial charge is 0.462 e. The van der Waals surface area contributed by atoms with Gasteiger partial charge in [0, 0.05) is 12.8 Å². The summed E-state index contributed by atoms with van der Waals surface area (Å²) in [4.78, 5) is 25.4. The van der Waals surface area contributed by atoms with Gasteiger partial charge in [0.1, 0.15) is 31.0 Å². The molecule has 4 N–H and O–H groups in total. The molecule has 63 heavy (non-hydrogen) atoms. The molecule has 10 nitrogen and oxygen atoms in total. The monoisotopic (exact) mass is 889 g/mol. The number of aliphatic hydroxyl groups excluding tert-OH is 4. The predicted octanol–water partition coefficient (Wildman–Crippen LogP) is 11.8. The maximum Gasteiger partial charge on any atom is 0.306 e. The van der Waals surface area contributed by atoms with Gasteiger partial charge in [0.25, 0.3) is 0 Å². The number of unbranched alkanes of at least 4 members (excludes halogenated alkanes) is 21. The van der Waals surface area contributed by atoms with Gasteiger partial charge in [-0.05, 0) is 77.0 Å². The molecule has 0 bridgehead atoms. The molecule has 364 valence electrons. The van der Waals surface area contributed by atoms with Gasteiger partial charge in [0.2, 0.25) is 0 Å². The summed E-state index contributed by atoms with van der Waals surface area (Å²) in [6.07, 6.45) is 46.6. The van der Waals surface area contributed by atoms with E-state index in [1.807, 2.05) is 6.08 Å². The summed E-state index contributed by atoms with van der Waals surface area (Å²) < 4.78 is 22.2. The molecule has 0 aromatic carbocycles. The molecule has 0 saturated carbocycles. The second-order valence-corrected chi connectivity index (χ2v) is 17.3. The lowest BCUT2D eigenvalue weighted by Gasteiger charge is -2.39. The topological polar surface area (TPSA) is 152 Å². The Hall–Kier alpha value is -2.60. The van der Waals surface area contributed by atoms with E-state index in [2.05, 4.69) is 68.5 Å². The van der Waals surface area contributed by atoms with Gasteiger partial charge in [0.15, 0.2) is 12.4 Å². The third kappa shape index (κ3) is 34.4. The molecule has 0 amide bonds. The van der Waals surface area contributed by atoms with Crippen molar-refractivity contribution in [1.29, 1.82) is 0 Å². The van der Waals surface area contributed by atoms with Crippen LogP contribution in [0.2, 0.25) is 0 Å². The zero-order valence-corrected chi connectivity index (χ0v) is 39.8. The maximum atomic E-state index is 12.8. The van der Waals surface area contributed by atoms with Crippen molar-refractivity contribution in [2.45, 2.75) is 243 Å². The molecule has 0 radical (unpaired) electrons. The van der Waals surface area contributed by atoms with Crippen molar-refractivity contribution in [3.63, 3.8) is 0 Å². The standard InChI is InChI=1S/C53H92O10/c1-3-5-7-9-11-13-15-17-19-21-22-23-24-26-27-29-31-33-35-37-39-41-48(55)60-44-46(45-61-53-52(59)51(58)50(57)47(43-54)63-53)62-49(56)42-40-38-36-34-32-30-28-25-20-18-16-14-12-10-8-6-4-2/h12,14,17-20,28,30,34,36,46-47,50-54,57-59H,3-11,13,15-16,21-27,29,31-33,35,37-45H2,1-2H3/b14-12+,19-17+,20-18+,30-28+,36-34+/t46-,47-,50+,51?,52?,53-/m0/s1. The summed E-state index contributed by atoms with van der Waals surface area (Å²) in [5.74, 6) is -0.871. The number of allylic oxidation sites excluding steroid dienone is 10. The zero-order valence-electron chi connectivity index (χ0n) is 39.8. The Morgan fingerprint density at radius 3 is 1.43 bits per heavy atom. The Morgan fingerprint density at radius 1 is 0.492 bits per heavy atom. The molecule has 0 aromatic heterocycles. The van der Waals surface area contributed by atoms with E-state index in [-0.39, 0.29) is 26.1 Å². The maximum absolute atomic E-state index is 12.8. The smallest absolute Gasteiger partial charge is 0.306 e. The van der Waals surface area contributed by atoms with Gasteiger partial charge in [-0.3, -0.25) is 9.59 Å². The van der Waals surface area contributed by atoms with E-state index < -0.39 is 55.4 Å². The van der Waals surface area contributed by atoms with Crippen LogP contribution in [0.15, 0.2) is 60.8 Å². The third-order valence-corrected chi connectivity index (χ3v) is 11.4. The molecule has 1 rings (SSSR count). The highest BCUT2D eigenvalue weighted by atomic mass is 16.7. The van der Waals surface area contributed by atoms with E-state index in [1.165, 1.54) is 116 Å². The number of hydrogen-bond donors (Lipinski definition) is 4. The van der Waals surface area contributed by atoms with E-state index in [9.17, 15) is 30.0 Å². The summed E-state index contributed by atoms with van der Waals surface area (Å²) in [5, 5.41) is 40.2. The fourth-order valence-corrected chi connectivity index (χ4v) is 7.35. The lowest BCUT2D eigenvalue weighted by Crippen LogP contribution is -2.59. The summed E-state index contributed by atoms with van der Waals surface area (Å²) in [5.41, 5.74) is 0. The van der Waals surface area contributed by atoms with Crippen molar-refractivity contribution in [2.24, 2.45) is 0 Å². The van der Waals surface area contributed by atoms with E-state index in [0.29, 0.717) is 12.8 Å². The summed E-state index contributed by atoms with van der Waals surface area (Å²) in [7, 11) is 0. The first kappa shape index (κ1) is 58.4. The van der Waals surface area contributed by atoms with Crippen molar-refractivity contribution in [3.8, 4) is 0 Å². The van der Waals surface area contributed by atoms with Crippen molar-refractivity contribution < 1.29 is 49.0 Å². The van der Waals surface area contributed by atoms with Crippen molar-refractivity contribution in [1.82, 2.24) is 0 Å². The van der Waals surface area contributed by atoms with Gasteiger partial charge in [0.05, 0.1) is 13.2 Å². The second-order valence-electron chi connectivity index (χ2n) is 17.3. The molecule has 1 heterocycles. The molecule has 0 spiro atoms. The van der Waals surface area contributed by atoms with Gasteiger partial charge in [-0.15, -0.1) is 0 Å². The average Bonchev–Trinajstić information content (AvgIpc) is 3.28. The van der Waals surface area contributed by atoms with E-state index in [4.69, 9.17) is 18.9 Å². The van der Waals surface area contributed by atoms with Gasteiger partial charge < -0.3 is 39.4 Å². The number of aliphatic hydroxyl groups is 4. The highest BCUT2D eigenvalue weighted by Crippen LogP contribution is 2.23. The summed E-state index contributed by atoms with van der Waals surface area (Å²) in [6, 6.07) is 0. The zero-order chi connectivity index (χ0) is 45.9. The molecule has 1 saturated heterocycles. The number of hydrogen-bond acceptors (Lipinski definition) is 10. The number of carbonyl (C=O) groups is 2. The Kier molecular flexibility index (Phi) is 40.2. The Morgan fingerprint density at radius 2 is 0.905 bits per heavy atom. The molecule has 0 aliphatic carbocycles. The van der Waals surface area contributed by atoms with Crippen LogP contribution in [-0.2, 0) is 28.5 Å². The Bertz CT molecular complexity index is 1210. The lowest BCUT2D eigenvalue weighted by atomic mass is 9.99. The molecule has 6 atom stereocenters. The van der Waals surface area contributed by atoms with Crippen molar-refractivity contribution >= 4 is 11.9 Å². The van der Waals surface area contributed by atoms with Gasteiger partial charge >= 0.3 is 11.9 Å². The van der Waals surface area contributed by atoms with E-state index >= 15 is 0 Å². The number of ether oxygens (including phenoxy) is 4. The van der Waals surface area contributed by atoms with Crippen LogP contribution in [0.3, 0.4) is 0 Å². The highest BCUT2D eigenvalue weighted by molar-refractivity contribution is 5.70. The number of rotatable bonds is 42. The van der Waals surface area contributed by atoms with Crippen LogP contribution in [0.5, 0.6) is 0 Å². The van der Waals surface area contributed by atoms with E-state index in [1.54, 1.807) is 0 Å². The highest BCUT2D eigenvalue weighted by Gasteiger charge is 2.44. The third-order valence-electron chi connectivity index (χ3n) is 11.4. The van der Waals surface area contributed by atoms with Gasteiger partial charge in [-0.1, -0.05) is 177 Å². The number of esters is 2. The lowest BCUT2D eigenvalue weighted by molar-refractivity contribution is -0.305. The van der Waals surface area contributed by atoms with Gasteiger partial charge in [-0.2, -0.15) is 0 Å². The first-order valence-corrected chi connectivity index (χ1v) is 25.4. The summed E-state index contributed by atoms with van der Waals surface area (Å²) in [6.45, 7) is 3.35. The molecule has 1 aliphatic heterocycles. The molecular formula is C53H92O10. The normalized spacial score (nSPS) is 20.0. The SMILES string of the molecule is CCCCC/C=C/C/C=C/C/C=C/C/C=C/CCCC(=O)O[C@@H](COC(=O)CCCCCCCCCCCCC/C=C/CCCCCCCC)CO[C@H]1O[C@@H](CO)[C@@H](O)C(O)C1O. The minimum atomic E-state index is -1.61. The Balaban J connectivity index is 2.30. The van der Waals surface area contributed by atoms with Crippen LogP contribution in [-0.4, -0.2) is 89.0 Å². The van der Waals surface area contributed by atoms with Crippen LogP contribution in [0.25, 0.3) is 0 Å². The molecule has 1 fully saturated rings. The fraction of sp³-hybridized carbons (Fsp3) is 0.774. The number of carbonyl (C=O) groups excluding carboxylic acids is 2. The average molecular weight is 889 g/mol. The fourth-order valence-electron chi connectivity index (χ4n) is 7.35. The quantitative estimate of drug-likeness (QED) is 0.0265. The van der Waals surface area contributed by atoms with Gasteiger partial charge in [-0.25, -0.2) is 0 Å². The second kappa shape index (κ2) is 43.3. The molecule has 2 unspecified atom stereocenters. The molecular weight excluding hydrogens is 797 g/mol. The molecule has 0 aromatic rings. The van der Waals surface area contributed by atoms with Crippen molar-refractivity contribution in [2.75, 3.05) is 19.8 Å². The van der Waals surface area contributed by atoms with Crippen LogP contribution in [0, 0.1) is 0 Å². The van der Waals surface area contributed by atoms with E-state index in [0.717, 1.165) is 51.4 Å². The van der Waals surface area contributed by atoms with Crippen LogP contribution in [0.1, 0.15) is 206 Å². The van der Waals surface area contributed by atoms with Crippen LogP contribution >= 0.6 is 0 Å². The minimum absolute atomic E-state index is 0.153. The Labute approximate surface area is 383 Å². The first-order chi connectivity index (χ1) is 30.8. The minimum Gasteiger partial charge on any atom is -0.462 e. The first-order valence-electron chi connectivity index (χ1n) is 25.4. The van der Waals surface area contributed by atoms with Crippen molar-refractivity contribution in [3.05, 3.63) is 60.8 Å². The van der Waals surface area contributed by atoms with Crippen LogP contribution < -0.4 is 0 Å².